The van der Waals surface area contributed by atoms with Gasteiger partial charge in [-0.3, -0.25) is 4.79 Å². The van der Waals surface area contributed by atoms with Gasteiger partial charge in [0.15, 0.2) is 6.61 Å². The van der Waals surface area contributed by atoms with Crippen LogP contribution in [0.5, 0.6) is 0 Å². The number of carbonyl (C=O) groups excluding carboxylic acids is 2. The summed E-state index contributed by atoms with van der Waals surface area (Å²) in [5, 5.41) is 0. The standard InChI is InChI=1S/C12H15FN2O3/c1-3-15(2)11(16)7-18-12(17)8-4-5-9(13)10(14)6-8/h4-6H,3,7,14H2,1-2H3. The molecule has 1 aromatic rings. The lowest BCUT2D eigenvalue weighted by Gasteiger charge is -2.14. The topological polar surface area (TPSA) is 72.6 Å². The monoisotopic (exact) mass is 254 g/mol. The molecule has 1 aromatic carbocycles. The van der Waals surface area contributed by atoms with E-state index in [4.69, 9.17) is 10.5 Å². The van der Waals surface area contributed by atoms with Crippen LogP contribution in [0.3, 0.4) is 0 Å². The summed E-state index contributed by atoms with van der Waals surface area (Å²) in [6.07, 6.45) is 0. The molecule has 6 heteroatoms. The Morgan fingerprint density at radius 2 is 2.11 bits per heavy atom. The van der Waals surface area contributed by atoms with Gasteiger partial charge in [0.05, 0.1) is 11.3 Å². The van der Waals surface area contributed by atoms with Crippen LogP contribution < -0.4 is 5.73 Å². The molecule has 0 saturated heterocycles. The second-order valence-electron chi connectivity index (χ2n) is 3.72. The number of anilines is 1. The first kappa shape index (κ1) is 14.0. The Morgan fingerprint density at radius 1 is 1.44 bits per heavy atom. The SMILES string of the molecule is CCN(C)C(=O)COC(=O)c1ccc(F)c(N)c1. The summed E-state index contributed by atoms with van der Waals surface area (Å²) in [5.41, 5.74) is 5.30. The summed E-state index contributed by atoms with van der Waals surface area (Å²) < 4.78 is 17.7. The maximum absolute atomic E-state index is 12.9. The molecule has 0 atom stereocenters. The zero-order chi connectivity index (χ0) is 13.7. The highest BCUT2D eigenvalue weighted by Crippen LogP contribution is 2.13. The number of hydrogen-bond donors (Lipinski definition) is 1. The highest BCUT2D eigenvalue weighted by atomic mass is 19.1. The Bertz CT molecular complexity index is 463. The number of likely N-dealkylation sites (N-methyl/N-ethyl adjacent to an activating group) is 1. The zero-order valence-electron chi connectivity index (χ0n) is 10.3. The average molecular weight is 254 g/mol. The van der Waals surface area contributed by atoms with Crippen LogP contribution in [0, 0.1) is 5.82 Å². The van der Waals surface area contributed by atoms with Gasteiger partial charge in [-0.1, -0.05) is 0 Å². The first-order valence-electron chi connectivity index (χ1n) is 5.41. The molecule has 0 radical (unpaired) electrons. The quantitative estimate of drug-likeness (QED) is 0.643. The van der Waals surface area contributed by atoms with Crippen LogP contribution in [-0.2, 0) is 9.53 Å². The normalized spacial score (nSPS) is 9.94. The maximum Gasteiger partial charge on any atom is 0.338 e. The van der Waals surface area contributed by atoms with Crippen molar-refractivity contribution in [1.82, 2.24) is 4.90 Å². The van der Waals surface area contributed by atoms with Crippen LogP contribution >= 0.6 is 0 Å². The van der Waals surface area contributed by atoms with Gasteiger partial charge in [0.1, 0.15) is 5.82 Å². The lowest BCUT2D eigenvalue weighted by Crippen LogP contribution is -2.30. The first-order valence-corrected chi connectivity index (χ1v) is 5.41. The molecule has 0 aliphatic carbocycles. The number of nitrogens with zero attached hydrogens (tertiary/aromatic N) is 1. The molecule has 18 heavy (non-hydrogen) atoms. The fraction of sp³-hybridized carbons (Fsp3) is 0.333. The Hall–Kier alpha value is -2.11. The van der Waals surface area contributed by atoms with E-state index in [1.54, 1.807) is 14.0 Å². The lowest BCUT2D eigenvalue weighted by atomic mass is 10.2. The fourth-order valence-corrected chi connectivity index (χ4v) is 1.17. The minimum absolute atomic E-state index is 0.112. The fourth-order valence-electron chi connectivity index (χ4n) is 1.17. The molecule has 2 N–H and O–H groups in total. The van der Waals surface area contributed by atoms with E-state index in [0.29, 0.717) is 6.54 Å². The molecule has 0 fully saturated rings. The van der Waals surface area contributed by atoms with Gasteiger partial charge in [0.25, 0.3) is 5.91 Å². The molecule has 0 aromatic heterocycles. The van der Waals surface area contributed by atoms with Gasteiger partial charge in [0, 0.05) is 13.6 Å². The molecule has 0 spiro atoms. The highest BCUT2D eigenvalue weighted by Gasteiger charge is 2.13. The summed E-state index contributed by atoms with van der Waals surface area (Å²) in [4.78, 5) is 24.4. The predicted octanol–water partition coefficient (Wildman–Crippen LogP) is 1.04. The number of benzene rings is 1. The molecular weight excluding hydrogens is 239 g/mol. The predicted molar refractivity (Wildman–Crippen MR) is 64.4 cm³/mol. The number of nitrogen functional groups attached to an aromatic ring is 1. The van der Waals surface area contributed by atoms with E-state index in [-0.39, 0.29) is 23.8 Å². The van der Waals surface area contributed by atoms with Crippen LogP contribution in [-0.4, -0.2) is 37.0 Å². The van der Waals surface area contributed by atoms with Crippen LogP contribution in [0.25, 0.3) is 0 Å². The summed E-state index contributed by atoms with van der Waals surface area (Å²) >= 11 is 0. The van der Waals surface area contributed by atoms with Crippen molar-refractivity contribution in [2.45, 2.75) is 6.92 Å². The summed E-state index contributed by atoms with van der Waals surface area (Å²) in [5.74, 6) is -1.62. The Kier molecular flexibility index (Phi) is 4.65. The lowest BCUT2D eigenvalue weighted by molar-refractivity contribution is -0.133. The van der Waals surface area contributed by atoms with Crippen LogP contribution in [0.15, 0.2) is 18.2 Å². The number of nitrogens with two attached hydrogens (primary N) is 1. The van der Waals surface area contributed by atoms with E-state index in [9.17, 15) is 14.0 Å². The van der Waals surface area contributed by atoms with Gasteiger partial charge < -0.3 is 15.4 Å². The smallest absolute Gasteiger partial charge is 0.338 e. The summed E-state index contributed by atoms with van der Waals surface area (Å²) in [7, 11) is 1.60. The molecule has 98 valence electrons. The Labute approximate surface area is 104 Å². The van der Waals surface area contributed by atoms with Gasteiger partial charge in [0.2, 0.25) is 0 Å². The van der Waals surface area contributed by atoms with Gasteiger partial charge in [-0.15, -0.1) is 0 Å². The van der Waals surface area contributed by atoms with E-state index < -0.39 is 11.8 Å². The van der Waals surface area contributed by atoms with Crippen LogP contribution in [0.1, 0.15) is 17.3 Å². The second kappa shape index (κ2) is 6.00. The molecule has 1 rings (SSSR count). The van der Waals surface area contributed by atoms with E-state index >= 15 is 0 Å². The van der Waals surface area contributed by atoms with Gasteiger partial charge in [-0.25, -0.2) is 9.18 Å². The second-order valence-corrected chi connectivity index (χ2v) is 3.72. The van der Waals surface area contributed by atoms with Crippen molar-refractivity contribution < 1.29 is 18.7 Å². The number of rotatable bonds is 4. The number of halogens is 1. The number of ether oxygens (including phenoxy) is 1. The molecular formula is C12H15FN2O3. The number of amides is 1. The first-order chi connectivity index (χ1) is 8.45. The van der Waals surface area contributed by atoms with E-state index in [1.807, 2.05) is 0 Å². The summed E-state index contributed by atoms with van der Waals surface area (Å²) in [6, 6.07) is 3.50. The van der Waals surface area contributed by atoms with Crippen molar-refractivity contribution in [3.05, 3.63) is 29.6 Å². The van der Waals surface area contributed by atoms with Gasteiger partial charge >= 0.3 is 5.97 Å². The average Bonchev–Trinajstić information content (AvgIpc) is 2.37. The molecule has 0 heterocycles. The molecule has 0 aliphatic rings. The van der Waals surface area contributed by atoms with Crippen molar-refractivity contribution in [2.75, 3.05) is 25.9 Å². The molecule has 0 unspecified atom stereocenters. The maximum atomic E-state index is 12.9. The van der Waals surface area contributed by atoms with Crippen molar-refractivity contribution >= 4 is 17.6 Å². The third-order valence-electron chi connectivity index (χ3n) is 2.46. The van der Waals surface area contributed by atoms with Crippen molar-refractivity contribution in [3.63, 3.8) is 0 Å². The van der Waals surface area contributed by atoms with Gasteiger partial charge in [-0.05, 0) is 25.1 Å². The number of esters is 1. The van der Waals surface area contributed by atoms with Crippen molar-refractivity contribution in [1.29, 1.82) is 0 Å². The number of carbonyl (C=O) groups is 2. The summed E-state index contributed by atoms with van der Waals surface area (Å²) in [6.45, 7) is 1.99. The van der Waals surface area contributed by atoms with Crippen molar-refractivity contribution in [3.8, 4) is 0 Å². The largest absolute Gasteiger partial charge is 0.452 e. The van der Waals surface area contributed by atoms with E-state index in [0.717, 1.165) is 6.07 Å². The van der Waals surface area contributed by atoms with Crippen LogP contribution in [0.2, 0.25) is 0 Å². The third kappa shape index (κ3) is 3.44. The molecule has 0 saturated carbocycles. The van der Waals surface area contributed by atoms with Crippen LogP contribution in [0.4, 0.5) is 10.1 Å². The minimum atomic E-state index is -0.709. The zero-order valence-corrected chi connectivity index (χ0v) is 10.3. The minimum Gasteiger partial charge on any atom is -0.452 e. The Balaban J connectivity index is 2.60. The number of hydrogen-bond acceptors (Lipinski definition) is 4. The Morgan fingerprint density at radius 3 is 2.67 bits per heavy atom. The van der Waals surface area contributed by atoms with Crippen molar-refractivity contribution in [2.24, 2.45) is 0 Å². The van der Waals surface area contributed by atoms with E-state index in [1.165, 1.54) is 17.0 Å². The van der Waals surface area contributed by atoms with E-state index in [2.05, 4.69) is 0 Å². The molecule has 5 nitrogen and oxygen atoms in total. The molecule has 0 bridgehead atoms. The molecule has 0 aliphatic heterocycles. The highest BCUT2D eigenvalue weighted by molar-refractivity contribution is 5.92. The van der Waals surface area contributed by atoms with Gasteiger partial charge in [-0.2, -0.15) is 0 Å². The molecule has 1 amide bonds. The third-order valence-corrected chi connectivity index (χ3v) is 2.46.